The Balaban J connectivity index is 1.75. The summed E-state index contributed by atoms with van der Waals surface area (Å²) in [5.74, 6) is -0.0845. The molecule has 0 spiro atoms. The van der Waals surface area contributed by atoms with Crippen LogP contribution in [0, 0.1) is 5.92 Å². The lowest BCUT2D eigenvalue weighted by Crippen LogP contribution is -2.41. The molecule has 2 heterocycles. The van der Waals surface area contributed by atoms with Crippen LogP contribution in [0.3, 0.4) is 0 Å². The summed E-state index contributed by atoms with van der Waals surface area (Å²) in [6, 6.07) is 0. The first-order chi connectivity index (χ1) is 12.0. The molecule has 1 aromatic heterocycles. The van der Waals surface area contributed by atoms with Crippen LogP contribution in [0.5, 0.6) is 0 Å². The van der Waals surface area contributed by atoms with Crippen LogP contribution in [-0.2, 0) is 20.7 Å². The minimum Gasteiger partial charge on any atom is -0.378 e. The molecule has 2 amide bonds. The zero-order chi connectivity index (χ0) is 18.2. The summed E-state index contributed by atoms with van der Waals surface area (Å²) in [5, 5.41) is 5.14. The molecule has 1 saturated heterocycles. The zero-order valence-electron chi connectivity index (χ0n) is 15.0. The second-order valence-electron chi connectivity index (χ2n) is 6.56. The average Bonchev–Trinajstić information content (AvgIpc) is 3.02. The summed E-state index contributed by atoms with van der Waals surface area (Å²) < 4.78 is 5.76. The third-order valence-corrected chi connectivity index (χ3v) is 4.94. The molecule has 1 aliphatic rings. The van der Waals surface area contributed by atoms with Crippen molar-refractivity contribution in [1.29, 1.82) is 0 Å². The predicted octanol–water partition coefficient (Wildman–Crippen LogP) is 1.64. The summed E-state index contributed by atoms with van der Waals surface area (Å²) in [6.45, 7) is 6.43. The van der Waals surface area contributed by atoms with Gasteiger partial charge in [0.05, 0.1) is 18.2 Å². The lowest BCUT2D eigenvalue weighted by atomic mass is 10.1. The fourth-order valence-corrected chi connectivity index (χ4v) is 3.28. The summed E-state index contributed by atoms with van der Waals surface area (Å²) in [7, 11) is 0. The smallest absolute Gasteiger partial charge is 0.228 e. The summed E-state index contributed by atoms with van der Waals surface area (Å²) >= 11 is 1.35. The number of carbonyl (C=O) groups is 2. The standard InChI is InChI=1S/C17H28N4O3S/c1-12(2)16(23)20-17-19-13(11-25-17)10-15(22)21-7-4-14(5-8-21)24-9-3-6-18/h11-12,14H,3-10,18H2,1-2H3,(H,19,20,23). The maximum absolute atomic E-state index is 12.4. The zero-order valence-corrected chi connectivity index (χ0v) is 15.8. The molecule has 0 aromatic carbocycles. The van der Waals surface area contributed by atoms with Crippen molar-refractivity contribution in [2.75, 3.05) is 31.6 Å². The first-order valence-electron chi connectivity index (χ1n) is 8.84. The van der Waals surface area contributed by atoms with Gasteiger partial charge in [-0.15, -0.1) is 11.3 Å². The number of hydrogen-bond donors (Lipinski definition) is 2. The van der Waals surface area contributed by atoms with Crippen LogP contribution in [0.15, 0.2) is 5.38 Å². The summed E-state index contributed by atoms with van der Waals surface area (Å²) in [6.07, 6.45) is 3.10. The first-order valence-corrected chi connectivity index (χ1v) is 9.72. The molecule has 140 valence electrons. The SMILES string of the molecule is CC(C)C(=O)Nc1nc(CC(=O)N2CCC(OCCCN)CC2)cs1. The molecule has 3 N–H and O–H groups in total. The Morgan fingerprint density at radius 1 is 1.44 bits per heavy atom. The molecule has 8 heteroatoms. The first kappa shape index (κ1) is 19.8. The van der Waals surface area contributed by atoms with Crippen molar-refractivity contribution in [3.8, 4) is 0 Å². The fraction of sp³-hybridized carbons (Fsp3) is 0.706. The number of carbonyl (C=O) groups excluding carboxylic acids is 2. The van der Waals surface area contributed by atoms with Crippen LogP contribution in [0.25, 0.3) is 0 Å². The number of hydrogen-bond acceptors (Lipinski definition) is 6. The lowest BCUT2D eigenvalue weighted by molar-refractivity contribution is -0.133. The minimum atomic E-state index is -0.0950. The van der Waals surface area contributed by atoms with Crippen molar-refractivity contribution < 1.29 is 14.3 Å². The number of likely N-dealkylation sites (tertiary alicyclic amines) is 1. The maximum Gasteiger partial charge on any atom is 0.228 e. The maximum atomic E-state index is 12.4. The number of ether oxygens (including phenoxy) is 1. The van der Waals surface area contributed by atoms with Crippen LogP contribution in [0.4, 0.5) is 5.13 Å². The van der Waals surface area contributed by atoms with E-state index in [2.05, 4.69) is 10.3 Å². The number of thiazole rings is 1. The van der Waals surface area contributed by atoms with E-state index in [1.165, 1.54) is 11.3 Å². The van der Waals surface area contributed by atoms with Gasteiger partial charge in [0.1, 0.15) is 0 Å². The number of rotatable bonds is 8. The number of nitrogens with two attached hydrogens (primary N) is 1. The van der Waals surface area contributed by atoms with Gasteiger partial charge in [-0.05, 0) is 25.8 Å². The summed E-state index contributed by atoms with van der Waals surface area (Å²) in [5.41, 5.74) is 6.17. The molecule has 0 unspecified atom stereocenters. The van der Waals surface area contributed by atoms with Crippen LogP contribution in [0.1, 0.15) is 38.8 Å². The molecule has 7 nitrogen and oxygen atoms in total. The number of piperidine rings is 1. The van der Waals surface area contributed by atoms with E-state index in [-0.39, 0.29) is 30.3 Å². The Bertz CT molecular complexity index is 568. The molecule has 0 aliphatic carbocycles. The number of aromatic nitrogens is 1. The van der Waals surface area contributed by atoms with Crippen molar-refractivity contribution in [1.82, 2.24) is 9.88 Å². The largest absolute Gasteiger partial charge is 0.378 e. The molecule has 0 radical (unpaired) electrons. The third kappa shape index (κ3) is 6.37. The monoisotopic (exact) mass is 368 g/mol. The van der Waals surface area contributed by atoms with Gasteiger partial charge in [0.25, 0.3) is 0 Å². The van der Waals surface area contributed by atoms with Crippen molar-refractivity contribution in [2.45, 2.75) is 45.6 Å². The highest BCUT2D eigenvalue weighted by Gasteiger charge is 2.23. The van der Waals surface area contributed by atoms with Gasteiger partial charge < -0.3 is 20.7 Å². The van der Waals surface area contributed by atoms with Crippen molar-refractivity contribution in [2.24, 2.45) is 11.7 Å². The fourth-order valence-electron chi connectivity index (χ4n) is 2.57. The highest BCUT2D eigenvalue weighted by Crippen LogP contribution is 2.19. The van der Waals surface area contributed by atoms with Gasteiger partial charge in [0.15, 0.2) is 5.13 Å². The van der Waals surface area contributed by atoms with Crippen molar-refractivity contribution >= 4 is 28.3 Å². The van der Waals surface area contributed by atoms with Gasteiger partial charge >= 0.3 is 0 Å². The number of anilines is 1. The van der Waals surface area contributed by atoms with Crippen LogP contribution >= 0.6 is 11.3 Å². The van der Waals surface area contributed by atoms with E-state index >= 15 is 0 Å². The Hall–Kier alpha value is -1.51. The van der Waals surface area contributed by atoms with Crippen LogP contribution < -0.4 is 11.1 Å². The second-order valence-corrected chi connectivity index (χ2v) is 7.42. The Kier molecular flexibility index (Phi) is 7.80. The average molecular weight is 369 g/mol. The molecule has 25 heavy (non-hydrogen) atoms. The van der Waals surface area contributed by atoms with E-state index < -0.39 is 0 Å². The molecule has 2 rings (SSSR count). The van der Waals surface area contributed by atoms with Gasteiger partial charge in [-0.2, -0.15) is 0 Å². The van der Waals surface area contributed by atoms with E-state index in [0.29, 0.717) is 37.1 Å². The van der Waals surface area contributed by atoms with E-state index in [1.807, 2.05) is 24.1 Å². The third-order valence-electron chi connectivity index (χ3n) is 4.14. The lowest BCUT2D eigenvalue weighted by Gasteiger charge is -2.32. The van der Waals surface area contributed by atoms with Gasteiger partial charge in [-0.25, -0.2) is 4.98 Å². The van der Waals surface area contributed by atoms with Crippen LogP contribution in [-0.4, -0.2) is 54.0 Å². The molecule has 0 atom stereocenters. The molecule has 1 fully saturated rings. The summed E-state index contributed by atoms with van der Waals surface area (Å²) in [4.78, 5) is 30.3. The van der Waals surface area contributed by atoms with Gasteiger partial charge in [0.2, 0.25) is 11.8 Å². The normalized spacial score (nSPS) is 15.6. The van der Waals surface area contributed by atoms with Crippen molar-refractivity contribution in [3.05, 3.63) is 11.1 Å². The van der Waals surface area contributed by atoms with E-state index in [0.717, 1.165) is 19.3 Å². The van der Waals surface area contributed by atoms with Gasteiger partial charge in [0, 0.05) is 31.0 Å². The van der Waals surface area contributed by atoms with E-state index in [4.69, 9.17) is 10.5 Å². The molecule has 1 aromatic rings. The van der Waals surface area contributed by atoms with Crippen LogP contribution in [0.2, 0.25) is 0 Å². The highest BCUT2D eigenvalue weighted by atomic mass is 32.1. The van der Waals surface area contributed by atoms with Gasteiger partial charge in [-0.3, -0.25) is 9.59 Å². The minimum absolute atomic E-state index is 0.0658. The molecule has 0 bridgehead atoms. The molecular formula is C17H28N4O3S. The Morgan fingerprint density at radius 3 is 2.80 bits per heavy atom. The highest BCUT2D eigenvalue weighted by molar-refractivity contribution is 7.13. The topological polar surface area (TPSA) is 97.5 Å². The second kappa shape index (κ2) is 9.84. The number of nitrogens with one attached hydrogen (secondary N) is 1. The molecule has 1 aliphatic heterocycles. The number of amides is 2. The van der Waals surface area contributed by atoms with Crippen molar-refractivity contribution in [3.63, 3.8) is 0 Å². The number of nitrogens with zero attached hydrogens (tertiary/aromatic N) is 2. The molecule has 0 saturated carbocycles. The van der Waals surface area contributed by atoms with Gasteiger partial charge in [-0.1, -0.05) is 13.8 Å². The Morgan fingerprint density at radius 2 is 2.16 bits per heavy atom. The Labute approximate surface area is 152 Å². The van der Waals surface area contributed by atoms with E-state index in [1.54, 1.807) is 0 Å². The quantitative estimate of drug-likeness (QED) is 0.680. The molecular weight excluding hydrogens is 340 g/mol. The predicted molar refractivity (Wildman–Crippen MR) is 98.5 cm³/mol. The van der Waals surface area contributed by atoms with E-state index in [9.17, 15) is 9.59 Å².